The van der Waals surface area contributed by atoms with E-state index in [1.165, 1.54) is 0 Å². The van der Waals surface area contributed by atoms with Crippen LogP contribution in [-0.2, 0) is 9.59 Å². The zero-order valence-corrected chi connectivity index (χ0v) is 11.3. The molecular formula is C13H21N3O3. The minimum atomic E-state index is -0.828. The van der Waals surface area contributed by atoms with E-state index in [4.69, 9.17) is 10.4 Å². The van der Waals surface area contributed by atoms with Crippen molar-refractivity contribution in [1.29, 1.82) is 5.26 Å². The SMILES string of the molecule is CN(CC(=O)NCC#N)C1(CC(=O)O)CCCCC1. The van der Waals surface area contributed by atoms with Crippen LogP contribution in [0.5, 0.6) is 0 Å². The van der Waals surface area contributed by atoms with Crippen LogP contribution in [0, 0.1) is 11.3 Å². The average Bonchev–Trinajstić information content (AvgIpc) is 2.36. The molecule has 0 radical (unpaired) electrons. The van der Waals surface area contributed by atoms with E-state index in [0.29, 0.717) is 0 Å². The molecule has 1 fully saturated rings. The Hall–Kier alpha value is -1.61. The third-order valence-corrected chi connectivity index (χ3v) is 3.82. The van der Waals surface area contributed by atoms with Crippen LogP contribution in [0.1, 0.15) is 38.5 Å². The van der Waals surface area contributed by atoms with Crippen LogP contribution >= 0.6 is 0 Å². The molecule has 0 aromatic carbocycles. The molecule has 0 aromatic rings. The summed E-state index contributed by atoms with van der Waals surface area (Å²) in [6.07, 6.45) is 4.79. The van der Waals surface area contributed by atoms with Crippen molar-refractivity contribution < 1.29 is 14.7 Å². The number of hydrogen-bond acceptors (Lipinski definition) is 4. The molecule has 1 aliphatic carbocycles. The average molecular weight is 267 g/mol. The maximum absolute atomic E-state index is 11.6. The molecule has 0 spiro atoms. The van der Waals surface area contributed by atoms with Crippen molar-refractivity contribution in [3.8, 4) is 6.07 Å². The van der Waals surface area contributed by atoms with Gasteiger partial charge in [-0.1, -0.05) is 19.3 Å². The molecule has 106 valence electrons. The van der Waals surface area contributed by atoms with Crippen molar-refractivity contribution in [2.24, 2.45) is 0 Å². The Labute approximate surface area is 113 Å². The second-order valence-electron chi connectivity index (χ2n) is 5.15. The molecule has 1 amide bonds. The molecule has 19 heavy (non-hydrogen) atoms. The standard InChI is InChI=1S/C13H21N3O3/c1-16(10-11(17)15-8-7-14)13(9-12(18)19)5-3-2-4-6-13/h2-6,8-10H2,1H3,(H,15,17)(H,18,19). The fourth-order valence-corrected chi connectivity index (χ4v) is 2.76. The maximum atomic E-state index is 11.6. The highest BCUT2D eigenvalue weighted by Gasteiger charge is 2.38. The first-order chi connectivity index (χ1) is 9.00. The first-order valence-electron chi connectivity index (χ1n) is 6.57. The number of carboxylic acid groups (broad SMARTS) is 1. The Balaban J connectivity index is 2.66. The molecule has 0 bridgehead atoms. The third kappa shape index (κ3) is 4.52. The van der Waals surface area contributed by atoms with E-state index in [-0.39, 0.29) is 25.4 Å². The van der Waals surface area contributed by atoms with Gasteiger partial charge in [0.2, 0.25) is 5.91 Å². The quantitative estimate of drug-likeness (QED) is 0.692. The highest BCUT2D eigenvalue weighted by atomic mass is 16.4. The third-order valence-electron chi connectivity index (χ3n) is 3.82. The largest absolute Gasteiger partial charge is 0.481 e. The molecule has 0 unspecified atom stereocenters. The van der Waals surface area contributed by atoms with E-state index >= 15 is 0 Å². The number of nitrogens with one attached hydrogen (secondary N) is 1. The number of amides is 1. The van der Waals surface area contributed by atoms with Gasteiger partial charge >= 0.3 is 5.97 Å². The van der Waals surface area contributed by atoms with Crippen LogP contribution in [0.2, 0.25) is 0 Å². The van der Waals surface area contributed by atoms with E-state index in [2.05, 4.69) is 5.32 Å². The van der Waals surface area contributed by atoms with Crippen LogP contribution in [0.25, 0.3) is 0 Å². The number of nitrogens with zero attached hydrogens (tertiary/aromatic N) is 2. The number of carbonyl (C=O) groups excluding carboxylic acids is 1. The van der Waals surface area contributed by atoms with E-state index in [0.717, 1.165) is 32.1 Å². The summed E-state index contributed by atoms with van der Waals surface area (Å²) in [5.74, 6) is -1.06. The lowest BCUT2D eigenvalue weighted by Crippen LogP contribution is -2.52. The summed E-state index contributed by atoms with van der Waals surface area (Å²) in [6.45, 7) is 0.119. The van der Waals surface area contributed by atoms with E-state index in [9.17, 15) is 9.59 Å². The van der Waals surface area contributed by atoms with Gasteiger partial charge in [-0.3, -0.25) is 14.5 Å². The minimum Gasteiger partial charge on any atom is -0.481 e. The smallest absolute Gasteiger partial charge is 0.305 e. The van der Waals surface area contributed by atoms with Crippen molar-refractivity contribution in [1.82, 2.24) is 10.2 Å². The number of hydrogen-bond donors (Lipinski definition) is 2. The molecule has 0 heterocycles. The summed E-state index contributed by atoms with van der Waals surface area (Å²) in [4.78, 5) is 24.5. The number of nitriles is 1. The molecule has 0 aromatic heterocycles. The van der Waals surface area contributed by atoms with Crippen LogP contribution in [0.3, 0.4) is 0 Å². The van der Waals surface area contributed by atoms with Gasteiger partial charge in [-0.2, -0.15) is 5.26 Å². The van der Waals surface area contributed by atoms with Gasteiger partial charge in [0.25, 0.3) is 0 Å². The number of carboxylic acids is 1. The summed E-state index contributed by atoms with van der Waals surface area (Å²) >= 11 is 0. The Morgan fingerprint density at radius 3 is 2.53 bits per heavy atom. The van der Waals surface area contributed by atoms with Gasteiger partial charge in [0.05, 0.1) is 19.0 Å². The van der Waals surface area contributed by atoms with Crippen LogP contribution in [0.15, 0.2) is 0 Å². The first-order valence-corrected chi connectivity index (χ1v) is 6.57. The molecule has 1 aliphatic rings. The van der Waals surface area contributed by atoms with E-state index < -0.39 is 11.5 Å². The lowest BCUT2D eigenvalue weighted by Gasteiger charge is -2.43. The van der Waals surface area contributed by atoms with Gasteiger partial charge in [0.15, 0.2) is 0 Å². The maximum Gasteiger partial charge on any atom is 0.305 e. The van der Waals surface area contributed by atoms with E-state index in [1.54, 1.807) is 7.05 Å². The molecule has 1 saturated carbocycles. The molecule has 0 saturated heterocycles. The monoisotopic (exact) mass is 267 g/mol. The van der Waals surface area contributed by atoms with E-state index in [1.807, 2.05) is 11.0 Å². The number of aliphatic carboxylic acids is 1. The molecule has 6 heteroatoms. The normalized spacial score (nSPS) is 17.7. The Kier molecular flexibility index (Phi) is 5.77. The number of likely N-dealkylation sites (N-methyl/N-ethyl adjacent to an activating group) is 1. The Morgan fingerprint density at radius 1 is 1.37 bits per heavy atom. The molecule has 6 nitrogen and oxygen atoms in total. The summed E-state index contributed by atoms with van der Waals surface area (Å²) in [7, 11) is 1.79. The summed E-state index contributed by atoms with van der Waals surface area (Å²) < 4.78 is 0. The fraction of sp³-hybridized carbons (Fsp3) is 0.769. The number of rotatable bonds is 6. The molecule has 2 N–H and O–H groups in total. The van der Waals surface area contributed by atoms with Crippen molar-refractivity contribution >= 4 is 11.9 Å². The van der Waals surface area contributed by atoms with Crippen molar-refractivity contribution in [3.63, 3.8) is 0 Å². The van der Waals surface area contributed by atoms with Gasteiger partial charge in [0, 0.05) is 5.54 Å². The number of carbonyl (C=O) groups is 2. The lowest BCUT2D eigenvalue weighted by atomic mass is 9.78. The van der Waals surface area contributed by atoms with Gasteiger partial charge in [0.1, 0.15) is 6.54 Å². The van der Waals surface area contributed by atoms with Gasteiger partial charge in [-0.15, -0.1) is 0 Å². The second kappa shape index (κ2) is 7.10. The summed E-state index contributed by atoms with van der Waals surface area (Å²) in [6, 6.07) is 1.85. The topological polar surface area (TPSA) is 93.4 Å². The summed E-state index contributed by atoms with van der Waals surface area (Å²) in [5, 5.41) is 20.0. The van der Waals surface area contributed by atoms with Crippen LogP contribution in [0.4, 0.5) is 0 Å². The molecular weight excluding hydrogens is 246 g/mol. The summed E-state index contributed by atoms with van der Waals surface area (Å²) in [5.41, 5.74) is -0.423. The van der Waals surface area contributed by atoms with Crippen molar-refractivity contribution in [2.75, 3.05) is 20.1 Å². The zero-order chi connectivity index (χ0) is 14.3. The Morgan fingerprint density at radius 2 is 2.00 bits per heavy atom. The van der Waals surface area contributed by atoms with Crippen molar-refractivity contribution in [2.45, 2.75) is 44.1 Å². The molecule has 1 rings (SSSR count). The second-order valence-corrected chi connectivity index (χ2v) is 5.15. The highest BCUT2D eigenvalue weighted by Crippen LogP contribution is 2.35. The lowest BCUT2D eigenvalue weighted by molar-refractivity contribution is -0.142. The van der Waals surface area contributed by atoms with Gasteiger partial charge < -0.3 is 10.4 Å². The molecule has 0 atom stereocenters. The predicted molar refractivity (Wildman–Crippen MR) is 69.3 cm³/mol. The van der Waals surface area contributed by atoms with Crippen LogP contribution < -0.4 is 5.32 Å². The predicted octanol–water partition coefficient (Wildman–Crippen LogP) is 0.736. The first kappa shape index (κ1) is 15.4. The van der Waals surface area contributed by atoms with Gasteiger partial charge in [-0.25, -0.2) is 0 Å². The van der Waals surface area contributed by atoms with Crippen molar-refractivity contribution in [3.05, 3.63) is 0 Å². The molecule has 0 aliphatic heterocycles. The highest BCUT2D eigenvalue weighted by molar-refractivity contribution is 5.78. The zero-order valence-electron chi connectivity index (χ0n) is 11.3. The van der Waals surface area contributed by atoms with Crippen LogP contribution in [-0.4, -0.2) is 47.6 Å². The fourth-order valence-electron chi connectivity index (χ4n) is 2.76. The minimum absolute atomic E-state index is 0.0153. The van der Waals surface area contributed by atoms with Gasteiger partial charge in [-0.05, 0) is 19.9 Å². The Bertz CT molecular complexity index is 370.